The highest BCUT2D eigenvalue weighted by molar-refractivity contribution is 6.31. The normalized spacial score (nSPS) is 14.0. The first-order valence-corrected chi connectivity index (χ1v) is 22.8. The summed E-state index contributed by atoms with van der Waals surface area (Å²) in [6.45, 7) is 0.817. The van der Waals surface area contributed by atoms with Gasteiger partial charge in [0.15, 0.2) is 0 Å². The summed E-state index contributed by atoms with van der Waals surface area (Å²) < 4.78 is 120. The van der Waals surface area contributed by atoms with Gasteiger partial charge in [0.25, 0.3) is 11.8 Å². The fourth-order valence-electron chi connectivity index (χ4n) is 8.17. The van der Waals surface area contributed by atoms with Crippen molar-refractivity contribution in [3.8, 4) is 0 Å². The Labute approximate surface area is 394 Å². The molecule has 0 spiro atoms. The Hall–Kier alpha value is -6.08. The maximum atomic E-state index is 14.0. The third-order valence-corrected chi connectivity index (χ3v) is 12.8. The lowest BCUT2D eigenvalue weighted by molar-refractivity contribution is -0.138. The molecule has 356 valence electrons. The number of halogens is 10. The van der Waals surface area contributed by atoms with Gasteiger partial charge in [-0.25, -0.2) is 13.2 Å². The number of hydrogen-bond acceptors (Lipinski definition) is 2. The van der Waals surface area contributed by atoms with Gasteiger partial charge >= 0.3 is 12.4 Å². The second-order valence-corrected chi connectivity index (χ2v) is 17.8. The Morgan fingerprint density at radius 2 is 0.838 bits per heavy atom. The molecule has 0 heterocycles. The number of amides is 2. The summed E-state index contributed by atoms with van der Waals surface area (Å²) in [5.74, 6) is -1.98. The average molecular weight is 963 g/mol. The van der Waals surface area contributed by atoms with Crippen LogP contribution in [0.3, 0.4) is 0 Å². The molecule has 0 radical (unpaired) electrons. The van der Waals surface area contributed by atoms with Gasteiger partial charge in [0.1, 0.15) is 17.5 Å². The third kappa shape index (κ3) is 13.5. The summed E-state index contributed by atoms with van der Waals surface area (Å²) in [4.78, 5) is 29.5. The Morgan fingerprint density at radius 1 is 0.471 bits per heavy atom. The van der Waals surface area contributed by atoms with E-state index in [9.17, 15) is 49.1 Å². The van der Waals surface area contributed by atoms with Crippen LogP contribution in [0.25, 0.3) is 0 Å². The van der Waals surface area contributed by atoms with Gasteiger partial charge in [0.2, 0.25) is 0 Å². The molecule has 2 aliphatic rings. The van der Waals surface area contributed by atoms with Crippen molar-refractivity contribution in [1.82, 2.24) is 9.80 Å². The molecule has 14 heteroatoms. The van der Waals surface area contributed by atoms with Gasteiger partial charge in [-0.1, -0.05) is 97.2 Å². The SMILES string of the molecule is O=C(c1cc(Cl)cc(C(F)(F)F)c1)N(CCc1ccc(F)cc1)Cc1ccc(C2CCC2)cc1.O=C(c1cc(F)cc(C(F)(F)F)c1)N(CCc1ccc(F)cc1)Cc1ccc(C2CCC2)cc1. The van der Waals surface area contributed by atoms with Crippen LogP contribution in [0.1, 0.15) is 116 Å². The summed E-state index contributed by atoms with van der Waals surface area (Å²) in [5.41, 5.74) is 3.14. The lowest BCUT2D eigenvalue weighted by Gasteiger charge is -2.27. The molecule has 6 aromatic rings. The summed E-state index contributed by atoms with van der Waals surface area (Å²) in [5, 5.41) is -0.151. The molecule has 0 aromatic heterocycles. The molecule has 68 heavy (non-hydrogen) atoms. The zero-order valence-corrected chi connectivity index (χ0v) is 37.6. The van der Waals surface area contributed by atoms with E-state index in [0.717, 1.165) is 53.3 Å². The van der Waals surface area contributed by atoms with Crippen molar-refractivity contribution in [3.05, 3.63) is 212 Å². The highest BCUT2D eigenvalue weighted by Crippen LogP contribution is 2.38. The second kappa shape index (κ2) is 21.9. The summed E-state index contributed by atoms with van der Waals surface area (Å²) in [7, 11) is 0. The predicted octanol–water partition coefficient (Wildman–Crippen LogP) is 14.8. The zero-order chi connectivity index (χ0) is 48.6. The van der Waals surface area contributed by atoms with Crippen LogP contribution in [0.4, 0.5) is 39.5 Å². The monoisotopic (exact) mass is 962 g/mol. The molecule has 6 aromatic carbocycles. The Kier molecular flexibility index (Phi) is 16.0. The molecular weight excluding hydrogens is 915 g/mol. The topological polar surface area (TPSA) is 40.6 Å². The van der Waals surface area contributed by atoms with Crippen molar-refractivity contribution < 1.29 is 49.1 Å². The summed E-state index contributed by atoms with van der Waals surface area (Å²) in [6, 6.07) is 32.4. The Balaban J connectivity index is 0.000000201. The summed E-state index contributed by atoms with van der Waals surface area (Å²) in [6.07, 6.45) is -1.47. The molecule has 0 bridgehead atoms. The number of rotatable bonds is 14. The molecule has 0 N–H and O–H groups in total. The van der Waals surface area contributed by atoms with Crippen molar-refractivity contribution in [3.63, 3.8) is 0 Å². The van der Waals surface area contributed by atoms with Crippen LogP contribution >= 0.6 is 11.6 Å². The minimum atomic E-state index is -4.77. The first kappa shape index (κ1) is 49.8. The third-order valence-electron chi connectivity index (χ3n) is 12.5. The molecule has 8 rings (SSSR count). The second-order valence-electron chi connectivity index (χ2n) is 17.4. The lowest BCUT2D eigenvalue weighted by Crippen LogP contribution is -2.33. The minimum Gasteiger partial charge on any atom is -0.334 e. The van der Waals surface area contributed by atoms with E-state index in [2.05, 4.69) is 12.1 Å². The maximum Gasteiger partial charge on any atom is 0.416 e. The smallest absolute Gasteiger partial charge is 0.334 e. The van der Waals surface area contributed by atoms with Crippen LogP contribution in [0.15, 0.2) is 133 Å². The van der Waals surface area contributed by atoms with E-state index in [1.165, 1.54) is 76.9 Å². The number of carbonyl (C=O) groups is 2. The van der Waals surface area contributed by atoms with E-state index in [-0.39, 0.29) is 54.0 Å². The Morgan fingerprint density at radius 3 is 1.21 bits per heavy atom. The van der Waals surface area contributed by atoms with Gasteiger partial charge in [0.05, 0.1) is 11.1 Å². The quantitative estimate of drug-likeness (QED) is 0.102. The highest BCUT2D eigenvalue weighted by atomic mass is 35.5. The minimum absolute atomic E-state index is 0.120. The van der Waals surface area contributed by atoms with Gasteiger partial charge in [-0.2, -0.15) is 26.3 Å². The highest BCUT2D eigenvalue weighted by Gasteiger charge is 2.34. The van der Waals surface area contributed by atoms with Crippen molar-refractivity contribution in [1.29, 1.82) is 0 Å². The average Bonchev–Trinajstić information content (AvgIpc) is 3.26. The number of alkyl halides is 6. The molecule has 0 aliphatic heterocycles. The fourth-order valence-corrected chi connectivity index (χ4v) is 8.40. The van der Waals surface area contributed by atoms with Gasteiger partial charge in [-0.05, 0) is 144 Å². The molecule has 2 amide bonds. The van der Waals surface area contributed by atoms with Crippen molar-refractivity contribution in [2.24, 2.45) is 0 Å². The van der Waals surface area contributed by atoms with Crippen LogP contribution < -0.4 is 0 Å². The largest absolute Gasteiger partial charge is 0.416 e. The number of hydrogen-bond donors (Lipinski definition) is 0. The van der Waals surface area contributed by atoms with Crippen molar-refractivity contribution >= 4 is 23.4 Å². The first-order valence-electron chi connectivity index (χ1n) is 22.4. The molecule has 2 aliphatic carbocycles. The van der Waals surface area contributed by atoms with Gasteiger partial charge in [-0.15, -0.1) is 0 Å². The molecule has 0 unspecified atom stereocenters. The molecule has 4 nitrogen and oxygen atoms in total. The van der Waals surface area contributed by atoms with Crippen molar-refractivity contribution in [2.75, 3.05) is 13.1 Å². The Bertz CT molecular complexity index is 2460. The van der Waals surface area contributed by atoms with Crippen LogP contribution in [0.5, 0.6) is 0 Å². The number of benzene rings is 6. The van der Waals surface area contributed by atoms with Gasteiger partial charge in [-0.3, -0.25) is 9.59 Å². The van der Waals surface area contributed by atoms with E-state index >= 15 is 0 Å². The molecule has 2 fully saturated rings. The van der Waals surface area contributed by atoms with Gasteiger partial charge < -0.3 is 9.80 Å². The first-order chi connectivity index (χ1) is 32.4. The fraction of sp³-hybridized carbons (Fsp3) is 0.296. The van der Waals surface area contributed by atoms with Crippen LogP contribution in [0, 0.1) is 17.5 Å². The van der Waals surface area contributed by atoms with Crippen LogP contribution in [0.2, 0.25) is 5.02 Å². The maximum absolute atomic E-state index is 14.0. The molecule has 2 saturated carbocycles. The van der Waals surface area contributed by atoms with E-state index in [0.29, 0.717) is 36.8 Å². The molecular formula is C54H48ClF9N2O2. The predicted molar refractivity (Wildman–Crippen MR) is 244 cm³/mol. The standard InChI is InChI=1S/C27H24ClF4NO.C27H24F5NO/c28-24-15-22(14-23(16-24)27(30,31)32)26(34)33(13-12-18-6-10-25(29)11-7-18)17-19-4-8-21(9-5-19)20-2-1-3-20;28-24-10-6-18(7-11-24)12-13-33(17-19-4-8-21(9-5-19)20-2-1-3-20)26(34)22-14-23(27(30,31)32)16-25(29)15-22/h2*4-11,14-16,20H,1-3,12-13,17H2. The summed E-state index contributed by atoms with van der Waals surface area (Å²) >= 11 is 5.91. The lowest BCUT2D eigenvalue weighted by atomic mass is 9.80. The zero-order valence-electron chi connectivity index (χ0n) is 36.8. The van der Waals surface area contributed by atoms with E-state index in [1.807, 2.05) is 36.4 Å². The van der Waals surface area contributed by atoms with Crippen molar-refractivity contribution in [2.45, 2.75) is 88.6 Å². The molecule has 0 atom stereocenters. The van der Waals surface area contributed by atoms with E-state index < -0.39 is 41.1 Å². The number of carbonyl (C=O) groups excluding carboxylic acids is 2. The van der Waals surface area contributed by atoms with E-state index in [4.69, 9.17) is 11.6 Å². The molecule has 0 saturated heterocycles. The van der Waals surface area contributed by atoms with Gasteiger partial charge in [0, 0.05) is 42.3 Å². The van der Waals surface area contributed by atoms with Crippen LogP contribution in [-0.2, 0) is 38.3 Å². The van der Waals surface area contributed by atoms with E-state index in [1.54, 1.807) is 24.3 Å². The number of nitrogens with zero attached hydrogens (tertiary/aromatic N) is 2. The van der Waals surface area contributed by atoms with Crippen LogP contribution in [-0.4, -0.2) is 34.7 Å².